The van der Waals surface area contributed by atoms with Gasteiger partial charge in [0.05, 0.1) is 11.6 Å². The summed E-state index contributed by atoms with van der Waals surface area (Å²) in [7, 11) is 3.82. The topological polar surface area (TPSA) is 91.4 Å². The van der Waals surface area contributed by atoms with Gasteiger partial charge >= 0.3 is 6.09 Å². The predicted octanol–water partition coefficient (Wildman–Crippen LogP) is 4.05. The van der Waals surface area contributed by atoms with E-state index in [1.165, 1.54) is 22.4 Å². The molecule has 0 aliphatic carbocycles. The van der Waals surface area contributed by atoms with Crippen molar-refractivity contribution < 1.29 is 9.53 Å². The molecule has 152 valence electrons. The third-order valence-corrected chi connectivity index (χ3v) is 4.15. The van der Waals surface area contributed by atoms with Gasteiger partial charge in [0.2, 0.25) is 0 Å². The number of benzene rings is 1. The number of nitrogens with one attached hydrogen (secondary N) is 1. The molecule has 0 saturated heterocycles. The smallest absolute Gasteiger partial charge is 0.405 e. The lowest BCUT2D eigenvalue weighted by Gasteiger charge is -2.16. The summed E-state index contributed by atoms with van der Waals surface area (Å²) in [6, 6.07) is 6.76. The summed E-state index contributed by atoms with van der Waals surface area (Å²) in [4.78, 5) is 11.9. The summed E-state index contributed by atoms with van der Waals surface area (Å²) < 4.78 is 4.58. The molecule has 0 radical (unpaired) electrons. The van der Waals surface area contributed by atoms with E-state index in [1.54, 1.807) is 20.8 Å². The van der Waals surface area contributed by atoms with Gasteiger partial charge in [-0.2, -0.15) is 5.26 Å². The monoisotopic (exact) mass is 384 g/mol. The van der Waals surface area contributed by atoms with Crippen LogP contribution in [0.5, 0.6) is 0 Å². The quantitative estimate of drug-likeness (QED) is 0.606. The summed E-state index contributed by atoms with van der Waals surface area (Å²) in [6.07, 6.45) is 1.99. The number of fused-ring (bicyclic) bond motifs is 1. The van der Waals surface area contributed by atoms with Crippen LogP contribution < -0.4 is 11.1 Å². The number of hydrogen-bond acceptors (Lipinski definition) is 5. The molecule has 1 unspecified atom stereocenters. The highest BCUT2D eigenvalue weighted by atomic mass is 16.6. The minimum Gasteiger partial charge on any atom is -0.444 e. The van der Waals surface area contributed by atoms with Crippen molar-refractivity contribution in [2.45, 2.75) is 52.7 Å². The first-order valence-electron chi connectivity index (χ1n) is 9.16. The molecule has 3 N–H and O–H groups in total. The van der Waals surface area contributed by atoms with Crippen LogP contribution in [0.4, 0.5) is 10.5 Å². The third kappa shape index (κ3) is 6.99. The zero-order valence-corrected chi connectivity index (χ0v) is 18.0. The number of aryl methyl sites for hydroxylation is 2. The molecule has 0 saturated carbocycles. The molecular formula is C22H32N4O2. The molecule has 1 amide bonds. The van der Waals surface area contributed by atoms with Crippen LogP contribution in [0.15, 0.2) is 36.1 Å². The molecule has 28 heavy (non-hydrogen) atoms. The van der Waals surface area contributed by atoms with Gasteiger partial charge in [-0.15, -0.1) is 0 Å². The molecule has 0 spiro atoms. The van der Waals surface area contributed by atoms with Crippen molar-refractivity contribution in [2.24, 2.45) is 5.73 Å². The van der Waals surface area contributed by atoms with Crippen LogP contribution in [0, 0.1) is 25.2 Å². The molecule has 2 rings (SSSR count). The summed E-state index contributed by atoms with van der Waals surface area (Å²) in [5.41, 5.74) is 10.8. The fourth-order valence-electron chi connectivity index (χ4n) is 2.78. The Bertz CT molecular complexity index is 780. The average molecular weight is 385 g/mol. The Labute approximate surface area is 168 Å². The second kappa shape index (κ2) is 9.32. The van der Waals surface area contributed by atoms with Crippen LogP contribution in [-0.2, 0) is 11.2 Å². The highest BCUT2D eigenvalue weighted by molar-refractivity contribution is 5.65. The van der Waals surface area contributed by atoms with Gasteiger partial charge in [0, 0.05) is 26.0 Å². The fourth-order valence-corrected chi connectivity index (χ4v) is 2.78. The Morgan fingerprint density at radius 2 is 1.93 bits per heavy atom. The van der Waals surface area contributed by atoms with Gasteiger partial charge < -0.3 is 20.7 Å². The largest absolute Gasteiger partial charge is 0.444 e. The average Bonchev–Trinajstić information content (AvgIpc) is 2.93. The van der Waals surface area contributed by atoms with Crippen LogP contribution in [0.25, 0.3) is 0 Å². The molecule has 0 fully saturated rings. The molecule has 6 heteroatoms. The van der Waals surface area contributed by atoms with Gasteiger partial charge in [0.25, 0.3) is 0 Å². The van der Waals surface area contributed by atoms with Crippen LogP contribution >= 0.6 is 0 Å². The lowest BCUT2D eigenvalue weighted by molar-refractivity contribution is 0.0600. The Morgan fingerprint density at radius 1 is 1.36 bits per heavy atom. The van der Waals surface area contributed by atoms with Gasteiger partial charge in [-0.3, -0.25) is 0 Å². The number of carbonyl (C=O) groups is 1. The van der Waals surface area contributed by atoms with Gasteiger partial charge in [0.1, 0.15) is 11.7 Å². The normalized spacial score (nSPS) is 15.4. The molecule has 1 heterocycles. The van der Waals surface area contributed by atoms with E-state index in [1.807, 2.05) is 25.2 Å². The number of nitrogens with zero attached hydrogens (tertiary/aromatic N) is 2. The number of nitriles is 1. The molecule has 0 bridgehead atoms. The van der Waals surface area contributed by atoms with E-state index in [0.29, 0.717) is 5.57 Å². The Kier molecular flexibility index (Phi) is 7.69. The molecule has 1 aromatic rings. The number of nitrogens with two attached hydrogens (primary N) is 1. The number of amides is 1. The maximum atomic E-state index is 10.0. The van der Waals surface area contributed by atoms with Gasteiger partial charge in [0.15, 0.2) is 0 Å². The number of rotatable bonds is 3. The Balaban J connectivity index is 0.000000416. The second-order valence-corrected chi connectivity index (χ2v) is 8.17. The Hall–Kier alpha value is -2.94. The maximum absolute atomic E-state index is 10.0. The van der Waals surface area contributed by atoms with Crippen molar-refractivity contribution >= 4 is 11.8 Å². The Morgan fingerprint density at radius 3 is 2.36 bits per heavy atom. The first kappa shape index (κ1) is 23.1. The van der Waals surface area contributed by atoms with Gasteiger partial charge in [-0.25, -0.2) is 4.79 Å². The lowest BCUT2D eigenvalue weighted by Crippen LogP contribution is -2.27. The number of anilines is 1. The van der Waals surface area contributed by atoms with E-state index in [0.717, 1.165) is 12.0 Å². The van der Waals surface area contributed by atoms with Crippen molar-refractivity contribution in [2.75, 3.05) is 19.4 Å². The van der Waals surface area contributed by atoms with E-state index >= 15 is 0 Å². The standard InChI is InChI=1S/C17H21N3.C5H11NO2/c1-11-6-14-8-16(19-17(14)7-12(11)2)13(3)15(9-18)10-20(4)5;1-5(2,3)8-4(6)7/h6-7,10,16,19H,3,8H2,1-2,4-5H3;1-3H3,(H2,6,7)/b15-10+;. The summed E-state index contributed by atoms with van der Waals surface area (Å²) in [5.74, 6) is 0. The van der Waals surface area contributed by atoms with Crippen molar-refractivity contribution in [3.63, 3.8) is 0 Å². The van der Waals surface area contributed by atoms with E-state index in [9.17, 15) is 10.1 Å². The van der Waals surface area contributed by atoms with Crippen molar-refractivity contribution in [3.05, 3.63) is 52.7 Å². The fraction of sp³-hybridized carbons (Fsp3) is 0.455. The lowest BCUT2D eigenvalue weighted by atomic mass is 9.97. The summed E-state index contributed by atoms with van der Waals surface area (Å²) >= 11 is 0. The molecule has 6 nitrogen and oxygen atoms in total. The van der Waals surface area contributed by atoms with E-state index in [2.05, 4.69) is 48.7 Å². The number of ether oxygens (including phenoxy) is 1. The van der Waals surface area contributed by atoms with Crippen molar-refractivity contribution in [1.82, 2.24) is 4.90 Å². The molecule has 0 aromatic heterocycles. The molecule has 1 aromatic carbocycles. The van der Waals surface area contributed by atoms with Gasteiger partial charge in [-0.1, -0.05) is 12.6 Å². The highest BCUT2D eigenvalue weighted by Gasteiger charge is 2.25. The summed E-state index contributed by atoms with van der Waals surface area (Å²) in [6.45, 7) is 13.6. The molecule has 1 aliphatic rings. The minimum atomic E-state index is -0.725. The van der Waals surface area contributed by atoms with Gasteiger partial charge in [-0.05, 0) is 69.4 Å². The number of primary amides is 1. The zero-order chi connectivity index (χ0) is 21.6. The van der Waals surface area contributed by atoms with Crippen LogP contribution in [0.1, 0.15) is 37.5 Å². The highest BCUT2D eigenvalue weighted by Crippen LogP contribution is 2.32. The SMILES string of the molecule is C=C(/C(C#N)=C/N(C)C)C1Cc2cc(C)c(C)cc2N1.CC(C)(C)OC(N)=O. The zero-order valence-electron chi connectivity index (χ0n) is 18.0. The molecule has 1 atom stereocenters. The van der Waals surface area contributed by atoms with Crippen LogP contribution in [0.2, 0.25) is 0 Å². The van der Waals surface area contributed by atoms with E-state index in [-0.39, 0.29) is 6.04 Å². The van der Waals surface area contributed by atoms with Crippen molar-refractivity contribution in [1.29, 1.82) is 5.26 Å². The maximum Gasteiger partial charge on any atom is 0.405 e. The second-order valence-electron chi connectivity index (χ2n) is 8.17. The van der Waals surface area contributed by atoms with E-state index < -0.39 is 11.7 Å². The first-order chi connectivity index (χ1) is 12.8. The van der Waals surface area contributed by atoms with Crippen LogP contribution in [0.3, 0.4) is 0 Å². The minimum absolute atomic E-state index is 0.108. The third-order valence-electron chi connectivity index (χ3n) is 4.15. The molecular weight excluding hydrogens is 352 g/mol. The van der Waals surface area contributed by atoms with E-state index in [4.69, 9.17) is 5.73 Å². The predicted molar refractivity (Wildman–Crippen MR) is 114 cm³/mol. The number of hydrogen-bond donors (Lipinski definition) is 2. The van der Waals surface area contributed by atoms with Crippen LogP contribution in [-0.4, -0.2) is 36.7 Å². The summed E-state index contributed by atoms with van der Waals surface area (Å²) in [5, 5.41) is 12.8. The number of carbonyl (C=O) groups excluding carboxylic acids is 1. The van der Waals surface area contributed by atoms with Crippen molar-refractivity contribution in [3.8, 4) is 6.07 Å². The first-order valence-corrected chi connectivity index (χ1v) is 9.16. The molecule has 1 aliphatic heterocycles.